The molecule has 0 saturated carbocycles. The van der Waals surface area contributed by atoms with Crippen LogP contribution in [0.4, 0.5) is 0 Å². The molecule has 1 aliphatic rings. The van der Waals surface area contributed by atoms with Crippen LogP contribution in [-0.2, 0) is 19.1 Å². The summed E-state index contributed by atoms with van der Waals surface area (Å²) in [6, 6.07) is -1.10. The van der Waals surface area contributed by atoms with Gasteiger partial charge in [0.15, 0.2) is 5.78 Å². The van der Waals surface area contributed by atoms with Gasteiger partial charge in [0.05, 0.1) is 25.8 Å². The number of ketones is 1. The molecule has 1 saturated heterocycles. The molecule has 0 bridgehead atoms. The van der Waals surface area contributed by atoms with Crippen LogP contribution in [0.15, 0.2) is 0 Å². The molecule has 0 radical (unpaired) electrons. The molecule has 7 heteroatoms. The second-order valence-electron chi connectivity index (χ2n) is 5.36. The molecule has 7 nitrogen and oxygen atoms in total. The standard InChI is InChI=1S/C13H23N3O4/c1-8(2)12(9(3)17)15-11(18)6-16-4-5-20-7-10(16)13(14)19/h8,10,12H,4-7H2,1-3H3,(H2,14,19)(H,15,18). The van der Waals surface area contributed by atoms with Gasteiger partial charge in [-0.25, -0.2) is 0 Å². The average Bonchev–Trinajstić information content (AvgIpc) is 2.35. The molecule has 0 aromatic rings. The molecule has 0 aliphatic carbocycles. The van der Waals surface area contributed by atoms with E-state index in [0.29, 0.717) is 13.2 Å². The lowest BCUT2D eigenvalue weighted by Crippen LogP contribution is -2.56. The van der Waals surface area contributed by atoms with Crippen molar-refractivity contribution in [2.45, 2.75) is 32.9 Å². The highest BCUT2D eigenvalue weighted by Gasteiger charge is 2.30. The van der Waals surface area contributed by atoms with Gasteiger partial charge in [-0.1, -0.05) is 13.8 Å². The van der Waals surface area contributed by atoms with Gasteiger partial charge >= 0.3 is 0 Å². The molecule has 2 atom stereocenters. The molecule has 3 N–H and O–H groups in total. The summed E-state index contributed by atoms with van der Waals surface area (Å²) in [5, 5.41) is 2.70. The number of rotatable bonds is 6. The maximum atomic E-state index is 12.0. The lowest BCUT2D eigenvalue weighted by atomic mass is 10.0. The van der Waals surface area contributed by atoms with Gasteiger partial charge in [0, 0.05) is 6.54 Å². The highest BCUT2D eigenvalue weighted by Crippen LogP contribution is 2.07. The van der Waals surface area contributed by atoms with Gasteiger partial charge in [-0.15, -0.1) is 0 Å². The number of nitrogens with one attached hydrogen (secondary N) is 1. The molecule has 0 aromatic carbocycles. The maximum absolute atomic E-state index is 12.0. The smallest absolute Gasteiger partial charge is 0.237 e. The van der Waals surface area contributed by atoms with Crippen LogP contribution in [0.2, 0.25) is 0 Å². The highest BCUT2D eigenvalue weighted by molar-refractivity contribution is 5.88. The Labute approximate surface area is 118 Å². The molecule has 20 heavy (non-hydrogen) atoms. The summed E-state index contributed by atoms with van der Waals surface area (Å²) in [7, 11) is 0. The zero-order valence-corrected chi connectivity index (χ0v) is 12.2. The van der Waals surface area contributed by atoms with E-state index in [1.165, 1.54) is 6.92 Å². The van der Waals surface area contributed by atoms with Crippen LogP contribution in [0.3, 0.4) is 0 Å². The number of carbonyl (C=O) groups is 3. The third-order valence-electron chi connectivity index (χ3n) is 3.34. The second-order valence-corrected chi connectivity index (χ2v) is 5.36. The number of nitrogens with zero attached hydrogens (tertiary/aromatic N) is 1. The van der Waals surface area contributed by atoms with E-state index in [9.17, 15) is 14.4 Å². The van der Waals surface area contributed by atoms with E-state index >= 15 is 0 Å². The number of primary amides is 1. The van der Waals surface area contributed by atoms with E-state index < -0.39 is 18.0 Å². The SMILES string of the molecule is CC(=O)C(NC(=O)CN1CCOCC1C(N)=O)C(C)C. The first-order valence-corrected chi connectivity index (χ1v) is 6.73. The van der Waals surface area contributed by atoms with Crippen molar-refractivity contribution >= 4 is 17.6 Å². The molecule has 2 unspecified atom stereocenters. The Bertz CT molecular complexity index is 384. The first-order chi connectivity index (χ1) is 9.32. The number of Topliss-reactive ketones (excluding diaryl/α,β-unsaturated/α-hetero) is 1. The van der Waals surface area contributed by atoms with Gasteiger partial charge in [0.25, 0.3) is 0 Å². The lowest BCUT2D eigenvalue weighted by molar-refractivity contribution is -0.135. The molecule has 1 fully saturated rings. The zero-order chi connectivity index (χ0) is 15.3. The van der Waals surface area contributed by atoms with Gasteiger partial charge in [0.1, 0.15) is 6.04 Å². The predicted octanol–water partition coefficient (Wildman–Crippen LogP) is -1.10. The molecule has 0 spiro atoms. The molecular formula is C13H23N3O4. The van der Waals surface area contributed by atoms with Gasteiger partial charge in [-0.05, 0) is 12.8 Å². The Morgan fingerprint density at radius 3 is 2.55 bits per heavy atom. The summed E-state index contributed by atoms with van der Waals surface area (Å²) < 4.78 is 5.18. The summed E-state index contributed by atoms with van der Waals surface area (Å²) in [6.45, 7) is 6.34. The summed E-state index contributed by atoms with van der Waals surface area (Å²) in [5.41, 5.74) is 5.28. The van der Waals surface area contributed by atoms with Crippen molar-refractivity contribution in [3.05, 3.63) is 0 Å². The Balaban J connectivity index is 2.59. The number of hydrogen-bond acceptors (Lipinski definition) is 5. The molecule has 1 heterocycles. The van der Waals surface area contributed by atoms with E-state index in [1.807, 2.05) is 13.8 Å². The van der Waals surface area contributed by atoms with E-state index in [4.69, 9.17) is 10.5 Å². The third-order valence-corrected chi connectivity index (χ3v) is 3.34. The summed E-state index contributed by atoms with van der Waals surface area (Å²) in [4.78, 5) is 36.4. The van der Waals surface area contributed by atoms with Crippen molar-refractivity contribution in [3.63, 3.8) is 0 Å². The number of nitrogens with two attached hydrogens (primary N) is 1. The van der Waals surface area contributed by atoms with Crippen LogP contribution in [-0.4, -0.2) is 60.9 Å². The minimum Gasteiger partial charge on any atom is -0.378 e. The van der Waals surface area contributed by atoms with Crippen LogP contribution < -0.4 is 11.1 Å². The van der Waals surface area contributed by atoms with Crippen molar-refractivity contribution in [2.75, 3.05) is 26.3 Å². The van der Waals surface area contributed by atoms with Gasteiger partial charge < -0.3 is 15.8 Å². The fraction of sp³-hybridized carbons (Fsp3) is 0.769. The average molecular weight is 285 g/mol. The molecule has 0 aromatic heterocycles. The van der Waals surface area contributed by atoms with Gasteiger partial charge in [-0.3, -0.25) is 19.3 Å². The van der Waals surface area contributed by atoms with Crippen molar-refractivity contribution in [2.24, 2.45) is 11.7 Å². The van der Waals surface area contributed by atoms with Gasteiger partial charge in [0.2, 0.25) is 11.8 Å². The Hall–Kier alpha value is -1.47. The van der Waals surface area contributed by atoms with Gasteiger partial charge in [-0.2, -0.15) is 0 Å². The van der Waals surface area contributed by atoms with E-state index in [0.717, 1.165) is 0 Å². The number of carbonyl (C=O) groups excluding carboxylic acids is 3. The number of hydrogen-bond donors (Lipinski definition) is 2. The monoisotopic (exact) mass is 285 g/mol. The number of ether oxygens (including phenoxy) is 1. The van der Waals surface area contributed by atoms with Crippen LogP contribution in [0.1, 0.15) is 20.8 Å². The largest absolute Gasteiger partial charge is 0.378 e. The molecule has 114 valence electrons. The fourth-order valence-electron chi connectivity index (χ4n) is 2.23. The van der Waals surface area contributed by atoms with Crippen LogP contribution >= 0.6 is 0 Å². The maximum Gasteiger partial charge on any atom is 0.237 e. The number of amides is 2. The topological polar surface area (TPSA) is 102 Å². The van der Waals surface area contributed by atoms with Crippen LogP contribution in [0, 0.1) is 5.92 Å². The van der Waals surface area contributed by atoms with Crippen molar-refractivity contribution in [1.29, 1.82) is 0 Å². The quantitative estimate of drug-likeness (QED) is 0.645. The molecule has 1 aliphatic heterocycles. The normalized spacial score (nSPS) is 21.5. The van der Waals surface area contributed by atoms with Crippen molar-refractivity contribution in [1.82, 2.24) is 10.2 Å². The summed E-state index contributed by atoms with van der Waals surface area (Å²) in [6.07, 6.45) is 0. The Morgan fingerprint density at radius 1 is 1.40 bits per heavy atom. The molecule has 1 rings (SSSR count). The summed E-state index contributed by atoms with van der Waals surface area (Å²) in [5.74, 6) is -0.855. The molecule has 2 amide bonds. The minimum atomic E-state index is -0.593. The zero-order valence-electron chi connectivity index (χ0n) is 12.2. The number of morpholine rings is 1. The minimum absolute atomic E-state index is 0.0214. The lowest BCUT2D eigenvalue weighted by Gasteiger charge is -2.33. The highest BCUT2D eigenvalue weighted by atomic mass is 16.5. The summed E-state index contributed by atoms with van der Waals surface area (Å²) >= 11 is 0. The fourth-order valence-corrected chi connectivity index (χ4v) is 2.23. The van der Waals surface area contributed by atoms with Crippen LogP contribution in [0.25, 0.3) is 0 Å². The first-order valence-electron chi connectivity index (χ1n) is 6.73. The molecular weight excluding hydrogens is 262 g/mol. The Kier molecular flexibility index (Phi) is 6.09. The van der Waals surface area contributed by atoms with E-state index in [1.54, 1.807) is 4.90 Å². The third kappa shape index (κ3) is 4.57. The van der Waals surface area contributed by atoms with Crippen molar-refractivity contribution < 1.29 is 19.1 Å². The van der Waals surface area contributed by atoms with E-state index in [-0.39, 0.29) is 30.8 Å². The van der Waals surface area contributed by atoms with Crippen LogP contribution in [0.5, 0.6) is 0 Å². The predicted molar refractivity (Wildman–Crippen MR) is 72.8 cm³/mol. The second kappa shape index (κ2) is 7.35. The van der Waals surface area contributed by atoms with Crippen molar-refractivity contribution in [3.8, 4) is 0 Å². The first kappa shape index (κ1) is 16.6. The van der Waals surface area contributed by atoms with E-state index in [2.05, 4.69) is 5.32 Å². The Morgan fingerprint density at radius 2 is 2.05 bits per heavy atom.